The van der Waals surface area contributed by atoms with Crippen LogP contribution in [0.1, 0.15) is 13.3 Å². The molecule has 0 N–H and O–H groups in total. The van der Waals surface area contributed by atoms with Gasteiger partial charge < -0.3 is 9.80 Å². The fraction of sp³-hybridized carbons (Fsp3) is 0.385. The molecule has 0 fully saturated rings. The molecule has 1 aliphatic rings. The van der Waals surface area contributed by atoms with Gasteiger partial charge in [0.1, 0.15) is 0 Å². The van der Waals surface area contributed by atoms with E-state index in [9.17, 15) is 0 Å². The van der Waals surface area contributed by atoms with Gasteiger partial charge in [0.25, 0.3) is 0 Å². The zero-order valence-electron chi connectivity index (χ0n) is 9.63. The van der Waals surface area contributed by atoms with Crippen LogP contribution in [0.4, 0.5) is 0 Å². The molecule has 0 atom stereocenters. The molecule has 1 heterocycles. The molecule has 1 aromatic rings. The molecule has 0 spiro atoms. The fourth-order valence-electron chi connectivity index (χ4n) is 1.41. The summed E-state index contributed by atoms with van der Waals surface area (Å²) < 4.78 is 0. The van der Waals surface area contributed by atoms with Crippen molar-refractivity contribution < 1.29 is 0 Å². The molecule has 2 rings (SSSR count). The van der Waals surface area contributed by atoms with Gasteiger partial charge in [-0.1, -0.05) is 43.3 Å². The lowest BCUT2D eigenvalue weighted by molar-refractivity contribution is 0.297. The summed E-state index contributed by atoms with van der Waals surface area (Å²) in [7, 11) is 2.09. The summed E-state index contributed by atoms with van der Waals surface area (Å²) >= 11 is 0. The van der Waals surface area contributed by atoms with Crippen LogP contribution in [0.2, 0.25) is 0 Å². The predicted octanol–water partition coefficient (Wildman–Crippen LogP) is 2.76. The van der Waals surface area contributed by atoms with Gasteiger partial charge in [0.2, 0.25) is 0 Å². The molecule has 0 bridgehead atoms. The number of hydrogen-bond donors (Lipinski definition) is 0. The maximum absolute atomic E-state index is 2.31. The molecule has 15 heavy (non-hydrogen) atoms. The van der Waals surface area contributed by atoms with E-state index in [0.717, 1.165) is 6.67 Å². The van der Waals surface area contributed by atoms with Crippen molar-refractivity contribution in [1.82, 2.24) is 9.80 Å². The van der Waals surface area contributed by atoms with Gasteiger partial charge in [-0.15, -0.1) is 0 Å². The first-order chi connectivity index (χ1) is 7.33. The van der Waals surface area contributed by atoms with Crippen LogP contribution in [0.15, 0.2) is 48.8 Å². The second-order valence-corrected chi connectivity index (χ2v) is 3.66. The van der Waals surface area contributed by atoms with Crippen molar-refractivity contribution in [3.63, 3.8) is 0 Å². The van der Waals surface area contributed by atoms with Crippen LogP contribution in [0.3, 0.4) is 0 Å². The maximum atomic E-state index is 2.31. The van der Waals surface area contributed by atoms with Crippen LogP contribution >= 0.6 is 0 Å². The molecule has 0 radical (unpaired) electrons. The second-order valence-electron chi connectivity index (χ2n) is 3.66. The van der Waals surface area contributed by atoms with Crippen molar-refractivity contribution >= 4 is 0 Å². The van der Waals surface area contributed by atoms with E-state index in [1.165, 1.54) is 13.0 Å². The molecular weight excluding hydrogens is 184 g/mol. The van der Waals surface area contributed by atoms with E-state index in [1.54, 1.807) is 0 Å². The Morgan fingerprint density at radius 1 is 0.933 bits per heavy atom. The normalized spacial score (nSPS) is 13.7. The van der Waals surface area contributed by atoms with Crippen molar-refractivity contribution in [3.05, 3.63) is 48.8 Å². The Morgan fingerprint density at radius 3 is 1.80 bits per heavy atom. The monoisotopic (exact) mass is 204 g/mol. The predicted molar refractivity (Wildman–Crippen MR) is 65.2 cm³/mol. The number of rotatable bonds is 2. The summed E-state index contributed by atoms with van der Waals surface area (Å²) in [6, 6.07) is 12.0. The Bertz CT molecular complexity index is 242. The number of nitrogens with zero attached hydrogens (tertiary/aromatic N) is 2. The minimum Gasteiger partial charge on any atom is -0.362 e. The van der Waals surface area contributed by atoms with Crippen LogP contribution in [-0.4, -0.2) is 30.1 Å². The van der Waals surface area contributed by atoms with Crippen LogP contribution in [0.25, 0.3) is 0 Å². The van der Waals surface area contributed by atoms with Crippen LogP contribution < -0.4 is 0 Å². The van der Waals surface area contributed by atoms with E-state index < -0.39 is 0 Å². The molecule has 2 heteroatoms. The lowest BCUT2D eigenvalue weighted by Gasteiger charge is -2.16. The Hall–Kier alpha value is -1.44. The number of hydrogen-bond acceptors (Lipinski definition) is 2. The van der Waals surface area contributed by atoms with E-state index in [4.69, 9.17) is 0 Å². The Kier molecular flexibility index (Phi) is 5.38. The summed E-state index contributed by atoms with van der Waals surface area (Å²) in [6.07, 6.45) is 5.48. The fourth-order valence-corrected chi connectivity index (χ4v) is 1.41. The van der Waals surface area contributed by atoms with E-state index in [-0.39, 0.29) is 0 Å². The molecule has 0 saturated heterocycles. The van der Waals surface area contributed by atoms with Gasteiger partial charge in [-0.05, 0) is 6.42 Å². The lowest BCUT2D eigenvalue weighted by atomic mass is 10.4. The number of benzene rings is 1. The quantitative estimate of drug-likeness (QED) is 0.731. The van der Waals surface area contributed by atoms with Crippen LogP contribution in [0.5, 0.6) is 0 Å². The van der Waals surface area contributed by atoms with Gasteiger partial charge in [-0.25, -0.2) is 0 Å². The van der Waals surface area contributed by atoms with E-state index >= 15 is 0 Å². The SMILES string of the molecule is CCCN1C=CN(C)C1.c1ccccc1. The van der Waals surface area contributed by atoms with Gasteiger partial charge in [0.15, 0.2) is 0 Å². The summed E-state index contributed by atoms with van der Waals surface area (Å²) in [4.78, 5) is 4.48. The summed E-state index contributed by atoms with van der Waals surface area (Å²) in [5, 5.41) is 0. The molecule has 0 aliphatic carbocycles. The van der Waals surface area contributed by atoms with Crippen molar-refractivity contribution in [2.75, 3.05) is 20.3 Å². The summed E-state index contributed by atoms with van der Waals surface area (Å²) in [6.45, 7) is 4.45. The molecule has 0 saturated carbocycles. The zero-order valence-corrected chi connectivity index (χ0v) is 9.63. The van der Waals surface area contributed by atoms with Crippen LogP contribution in [-0.2, 0) is 0 Å². The molecule has 1 aliphatic heterocycles. The third kappa shape index (κ3) is 5.11. The van der Waals surface area contributed by atoms with E-state index in [0.29, 0.717) is 0 Å². The molecule has 0 amide bonds. The third-order valence-electron chi connectivity index (χ3n) is 2.11. The molecule has 0 unspecified atom stereocenters. The molecular formula is C13H20N2. The second kappa shape index (κ2) is 6.93. The minimum atomic E-state index is 1.06. The Labute approximate surface area is 92.8 Å². The highest BCUT2D eigenvalue weighted by Gasteiger charge is 2.04. The highest BCUT2D eigenvalue weighted by Crippen LogP contribution is 2.02. The maximum Gasteiger partial charge on any atom is 0.0890 e. The first-order valence-corrected chi connectivity index (χ1v) is 5.45. The average Bonchev–Trinajstić information content (AvgIpc) is 2.68. The van der Waals surface area contributed by atoms with Crippen molar-refractivity contribution in [2.24, 2.45) is 0 Å². The van der Waals surface area contributed by atoms with Gasteiger partial charge in [-0.2, -0.15) is 0 Å². The molecule has 82 valence electrons. The van der Waals surface area contributed by atoms with E-state index in [2.05, 4.69) is 36.2 Å². The summed E-state index contributed by atoms with van der Waals surface area (Å²) in [5.41, 5.74) is 0. The Morgan fingerprint density at radius 2 is 1.47 bits per heavy atom. The van der Waals surface area contributed by atoms with Gasteiger partial charge in [0.05, 0.1) is 6.67 Å². The first kappa shape index (κ1) is 11.6. The Balaban J connectivity index is 0.000000162. The average molecular weight is 204 g/mol. The van der Waals surface area contributed by atoms with Crippen molar-refractivity contribution in [2.45, 2.75) is 13.3 Å². The lowest BCUT2D eigenvalue weighted by Crippen LogP contribution is -2.22. The molecule has 1 aromatic carbocycles. The van der Waals surface area contributed by atoms with Gasteiger partial charge >= 0.3 is 0 Å². The zero-order chi connectivity index (χ0) is 10.9. The smallest absolute Gasteiger partial charge is 0.0890 e. The topological polar surface area (TPSA) is 6.48 Å². The van der Waals surface area contributed by atoms with Gasteiger partial charge in [-0.3, -0.25) is 0 Å². The van der Waals surface area contributed by atoms with E-state index in [1.807, 2.05) is 36.4 Å². The summed E-state index contributed by atoms with van der Waals surface area (Å²) in [5.74, 6) is 0. The minimum absolute atomic E-state index is 1.06. The highest BCUT2D eigenvalue weighted by atomic mass is 15.3. The highest BCUT2D eigenvalue weighted by molar-refractivity contribution is 4.99. The first-order valence-electron chi connectivity index (χ1n) is 5.45. The molecule has 2 nitrogen and oxygen atoms in total. The van der Waals surface area contributed by atoms with Crippen LogP contribution in [0, 0.1) is 0 Å². The third-order valence-corrected chi connectivity index (χ3v) is 2.11. The van der Waals surface area contributed by atoms with Crippen molar-refractivity contribution in [1.29, 1.82) is 0 Å². The largest absolute Gasteiger partial charge is 0.362 e. The molecule has 0 aromatic heterocycles. The van der Waals surface area contributed by atoms with Gasteiger partial charge in [0, 0.05) is 26.0 Å². The standard InChI is InChI=1S/C7H14N2.C6H6/c1-3-4-9-6-5-8(2)7-9;1-2-4-6-5-3-1/h5-6H,3-4,7H2,1-2H3;1-6H. The van der Waals surface area contributed by atoms with Crippen molar-refractivity contribution in [3.8, 4) is 0 Å².